The third-order valence-electron chi connectivity index (χ3n) is 4.32. The van der Waals surface area contributed by atoms with Gasteiger partial charge in [-0.25, -0.2) is 4.39 Å². The Morgan fingerprint density at radius 2 is 2.11 bits per heavy atom. The Morgan fingerprint density at radius 3 is 2.81 bits per heavy atom. The molecule has 0 spiro atoms. The van der Waals surface area contributed by atoms with Gasteiger partial charge in [-0.2, -0.15) is 0 Å². The average molecular weight is 368 g/mol. The van der Waals surface area contributed by atoms with Crippen molar-refractivity contribution in [3.8, 4) is 5.75 Å². The van der Waals surface area contributed by atoms with E-state index in [0.29, 0.717) is 23.7 Å². The van der Waals surface area contributed by atoms with E-state index < -0.39 is 17.1 Å². The first-order chi connectivity index (χ1) is 12.8. The minimum Gasteiger partial charge on any atom is -0.490 e. The molecule has 2 aromatic carbocycles. The Balaban J connectivity index is 1.93. The molecule has 0 saturated heterocycles. The molecule has 0 radical (unpaired) electrons. The summed E-state index contributed by atoms with van der Waals surface area (Å²) >= 11 is 0. The summed E-state index contributed by atoms with van der Waals surface area (Å²) in [5.41, 5.74) is 0.560. The van der Waals surface area contributed by atoms with E-state index in [1.165, 1.54) is 18.2 Å². The van der Waals surface area contributed by atoms with Crippen molar-refractivity contribution in [1.82, 2.24) is 0 Å². The largest absolute Gasteiger partial charge is 0.490 e. The van der Waals surface area contributed by atoms with Crippen LogP contribution in [0.4, 0.5) is 15.8 Å². The van der Waals surface area contributed by atoms with Crippen LogP contribution in [0.3, 0.4) is 0 Å². The lowest BCUT2D eigenvalue weighted by Gasteiger charge is -2.27. The first-order valence-corrected chi connectivity index (χ1v) is 8.58. The first kappa shape index (κ1) is 18.6. The summed E-state index contributed by atoms with van der Waals surface area (Å²) in [4.78, 5) is 26.8. The van der Waals surface area contributed by atoms with Crippen LogP contribution in [0.2, 0.25) is 0 Å². The number of halogens is 1. The van der Waals surface area contributed by atoms with E-state index in [-0.39, 0.29) is 18.1 Å². The van der Waals surface area contributed by atoms with Crippen LogP contribution in [0.5, 0.6) is 5.75 Å². The van der Waals surface area contributed by atoms with Gasteiger partial charge in [-0.05, 0) is 50.2 Å². The molecule has 0 aromatic heterocycles. The summed E-state index contributed by atoms with van der Waals surface area (Å²) in [5, 5.41) is 2.73. The van der Waals surface area contributed by atoms with E-state index in [4.69, 9.17) is 4.74 Å². The van der Waals surface area contributed by atoms with Crippen LogP contribution in [0.15, 0.2) is 55.1 Å². The van der Waals surface area contributed by atoms with Gasteiger partial charge in [-0.1, -0.05) is 12.1 Å². The molecule has 0 fully saturated rings. The molecule has 140 valence electrons. The molecular weight excluding hydrogens is 347 g/mol. The van der Waals surface area contributed by atoms with Gasteiger partial charge >= 0.3 is 0 Å². The molecule has 0 atom stereocenters. The summed E-state index contributed by atoms with van der Waals surface area (Å²) in [7, 11) is 0. The fourth-order valence-electron chi connectivity index (χ4n) is 2.87. The van der Waals surface area contributed by atoms with Gasteiger partial charge in [0.2, 0.25) is 5.91 Å². The molecule has 0 unspecified atom stereocenters. The predicted octanol–water partition coefficient (Wildman–Crippen LogP) is 4.02. The van der Waals surface area contributed by atoms with Crippen molar-refractivity contribution in [3.63, 3.8) is 0 Å². The van der Waals surface area contributed by atoms with E-state index in [2.05, 4.69) is 11.9 Å². The highest BCUT2D eigenvalue weighted by molar-refractivity contribution is 6.05. The van der Waals surface area contributed by atoms with Gasteiger partial charge in [-0.3, -0.25) is 9.59 Å². The SMILES string of the molecule is C=CCN1C(=O)C(C)(C)COc2ccc(NC(=O)c3cccc(F)c3)cc21. The number of hydrogen-bond donors (Lipinski definition) is 1. The zero-order valence-electron chi connectivity index (χ0n) is 15.3. The van der Waals surface area contributed by atoms with E-state index >= 15 is 0 Å². The van der Waals surface area contributed by atoms with Crippen molar-refractivity contribution in [1.29, 1.82) is 0 Å². The minimum atomic E-state index is -0.687. The molecule has 6 heteroatoms. The minimum absolute atomic E-state index is 0.0882. The maximum absolute atomic E-state index is 13.3. The van der Waals surface area contributed by atoms with E-state index in [0.717, 1.165) is 6.07 Å². The summed E-state index contributed by atoms with van der Waals surface area (Å²) < 4.78 is 19.2. The number of amides is 2. The predicted molar refractivity (Wildman–Crippen MR) is 103 cm³/mol. The maximum atomic E-state index is 13.3. The van der Waals surface area contributed by atoms with Crippen molar-refractivity contribution in [2.75, 3.05) is 23.4 Å². The zero-order chi connectivity index (χ0) is 19.6. The summed E-state index contributed by atoms with van der Waals surface area (Å²) in [6.07, 6.45) is 1.64. The lowest BCUT2D eigenvalue weighted by molar-refractivity contribution is -0.127. The topological polar surface area (TPSA) is 58.6 Å². The molecule has 1 heterocycles. The molecule has 27 heavy (non-hydrogen) atoms. The van der Waals surface area contributed by atoms with Crippen LogP contribution in [0.1, 0.15) is 24.2 Å². The Hall–Kier alpha value is -3.15. The molecule has 1 aliphatic rings. The third-order valence-corrected chi connectivity index (χ3v) is 4.32. The molecule has 3 rings (SSSR count). The Morgan fingerprint density at radius 1 is 1.33 bits per heavy atom. The number of hydrogen-bond acceptors (Lipinski definition) is 3. The fourth-order valence-corrected chi connectivity index (χ4v) is 2.87. The van der Waals surface area contributed by atoms with Crippen LogP contribution in [-0.2, 0) is 4.79 Å². The van der Waals surface area contributed by atoms with Gasteiger partial charge < -0.3 is 15.0 Å². The standard InChI is InChI=1S/C21H21FN2O3/c1-4-10-24-17-12-16(23-19(25)14-6-5-7-15(22)11-14)8-9-18(17)27-13-21(2,3)20(24)26/h4-9,11-12H,1,10,13H2,2-3H3,(H,23,25). The van der Waals surface area contributed by atoms with Gasteiger partial charge in [0.05, 0.1) is 11.1 Å². The normalized spacial score (nSPS) is 15.4. The number of ether oxygens (including phenoxy) is 1. The Labute approximate surface area is 157 Å². The fraction of sp³-hybridized carbons (Fsp3) is 0.238. The van der Waals surface area contributed by atoms with E-state index in [1.807, 2.05) is 13.8 Å². The zero-order valence-corrected chi connectivity index (χ0v) is 15.3. The molecular formula is C21H21FN2O3. The van der Waals surface area contributed by atoms with E-state index in [1.54, 1.807) is 29.2 Å². The van der Waals surface area contributed by atoms with Crippen molar-refractivity contribution in [2.45, 2.75) is 13.8 Å². The number of carbonyl (C=O) groups is 2. The lowest BCUT2D eigenvalue weighted by Crippen LogP contribution is -2.42. The van der Waals surface area contributed by atoms with Gasteiger partial charge in [0, 0.05) is 17.8 Å². The molecule has 5 nitrogen and oxygen atoms in total. The third kappa shape index (κ3) is 3.84. The van der Waals surface area contributed by atoms with Crippen molar-refractivity contribution >= 4 is 23.2 Å². The van der Waals surface area contributed by atoms with Gasteiger partial charge in [0.25, 0.3) is 5.91 Å². The van der Waals surface area contributed by atoms with E-state index in [9.17, 15) is 14.0 Å². The van der Waals surface area contributed by atoms with Crippen LogP contribution in [0.25, 0.3) is 0 Å². The summed E-state index contributed by atoms with van der Waals surface area (Å²) in [6, 6.07) is 10.5. The van der Waals surface area contributed by atoms with Gasteiger partial charge in [-0.15, -0.1) is 6.58 Å². The molecule has 0 saturated carbocycles. The number of nitrogens with one attached hydrogen (secondary N) is 1. The molecule has 1 N–H and O–H groups in total. The van der Waals surface area contributed by atoms with Crippen LogP contribution < -0.4 is 15.0 Å². The highest BCUT2D eigenvalue weighted by Gasteiger charge is 2.37. The second kappa shape index (κ2) is 7.23. The maximum Gasteiger partial charge on any atom is 0.255 e. The molecule has 2 amide bonds. The Bertz CT molecular complexity index is 908. The molecule has 1 aliphatic heterocycles. The average Bonchev–Trinajstić information content (AvgIpc) is 2.72. The van der Waals surface area contributed by atoms with Crippen LogP contribution in [0, 0.1) is 11.2 Å². The van der Waals surface area contributed by atoms with Crippen molar-refractivity contribution < 1.29 is 18.7 Å². The number of rotatable bonds is 4. The summed E-state index contributed by atoms with van der Waals surface area (Å²) in [5.74, 6) is -0.455. The number of fused-ring (bicyclic) bond motifs is 1. The smallest absolute Gasteiger partial charge is 0.255 e. The second-order valence-corrected chi connectivity index (χ2v) is 7.02. The van der Waals surface area contributed by atoms with Gasteiger partial charge in [0.1, 0.15) is 18.2 Å². The van der Waals surface area contributed by atoms with Gasteiger partial charge in [0.15, 0.2) is 0 Å². The first-order valence-electron chi connectivity index (χ1n) is 8.58. The van der Waals surface area contributed by atoms with Crippen molar-refractivity contribution in [2.24, 2.45) is 5.41 Å². The van der Waals surface area contributed by atoms with Crippen molar-refractivity contribution in [3.05, 3.63) is 66.5 Å². The van der Waals surface area contributed by atoms with Crippen LogP contribution >= 0.6 is 0 Å². The molecule has 2 aromatic rings. The number of benzene rings is 2. The second-order valence-electron chi connectivity index (χ2n) is 7.02. The number of nitrogens with zero attached hydrogens (tertiary/aromatic N) is 1. The number of carbonyl (C=O) groups excluding carboxylic acids is 2. The summed E-state index contributed by atoms with van der Waals surface area (Å²) in [6.45, 7) is 7.94. The quantitative estimate of drug-likeness (QED) is 0.830. The highest BCUT2D eigenvalue weighted by atomic mass is 19.1. The number of anilines is 2. The Kier molecular flexibility index (Phi) is 4.99. The monoisotopic (exact) mass is 368 g/mol. The van der Waals surface area contributed by atoms with Crippen LogP contribution in [-0.4, -0.2) is 25.0 Å². The molecule has 0 bridgehead atoms. The molecule has 0 aliphatic carbocycles. The lowest BCUT2D eigenvalue weighted by atomic mass is 9.93. The highest BCUT2D eigenvalue weighted by Crippen LogP contribution is 2.38.